The number of aromatic amines is 1. The molecule has 2 aliphatic rings. The molecule has 2 N–H and O–H groups in total. The van der Waals surface area contributed by atoms with Gasteiger partial charge in [-0.05, 0) is 19.4 Å². The molecule has 0 amide bonds. The maximum Gasteiger partial charge on any atom is 0.269 e. The Kier molecular flexibility index (Phi) is 3.35. The van der Waals surface area contributed by atoms with Crippen LogP contribution in [-0.4, -0.2) is 47.2 Å². The fourth-order valence-corrected chi connectivity index (χ4v) is 3.33. The van der Waals surface area contributed by atoms with E-state index in [1.165, 1.54) is 0 Å². The Bertz CT molecular complexity index is 771. The first kappa shape index (κ1) is 13.7. The van der Waals surface area contributed by atoms with Gasteiger partial charge in [-0.15, -0.1) is 0 Å². The standard InChI is InChI=1S/C16H20N4O2/c1-10-16(21)19-13-6-11-9-20-4-3-17-8-12(20)2-5-22-15(11)7-14(13)18-10/h6-7,12,17H,2-5,8-9H2,1H3,(H,19,21)/t12-/m0/s1. The van der Waals surface area contributed by atoms with Crippen LogP contribution in [0.3, 0.4) is 0 Å². The van der Waals surface area contributed by atoms with Crippen LogP contribution in [0.1, 0.15) is 17.7 Å². The number of nitrogens with zero attached hydrogens (tertiary/aromatic N) is 2. The van der Waals surface area contributed by atoms with E-state index in [2.05, 4.69) is 20.2 Å². The molecule has 0 radical (unpaired) electrons. The number of hydrogen-bond donors (Lipinski definition) is 2. The van der Waals surface area contributed by atoms with Crippen molar-refractivity contribution in [3.8, 4) is 5.75 Å². The van der Waals surface area contributed by atoms with E-state index in [4.69, 9.17) is 4.74 Å². The fourth-order valence-electron chi connectivity index (χ4n) is 3.33. The number of rotatable bonds is 0. The first-order chi connectivity index (χ1) is 10.7. The van der Waals surface area contributed by atoms with Gasteiger partial charge in [-0.3, -0.25) is 9.69 Å². The molecule has 1 saturated heterocycles. The largest absolute Gasteiger partial charge is 0.493 e. The summed E-state index contributed by atoms with van der Waals surface area (Å²) in [5, 5.41) is 3.44. The van der Waals surface area contributed by atoms with Gasteiger partial charge in [0.15, 0.2) is 0 Å². The van der Waals surface area contributed by atoms with E-state index in [1.54, 1.807) is 6.92 Å². The van der Waals surface area contributed by atoms with Crippen LogP contribution >= 0.6 is 0 Å². The number of H-pyrrole nitrogens is 1. The number of fused-ring (bicyclic) bond motifs is 3. The quantitative estimate of drug-likeness (QED) is 0.753. The van der Waals surface area contributed by atoms with Gasteiger partial charge in [0.05, 0.1) is 17.6 Å². The van der Waals surface area contributed by atoms with Gasteiger partial charge >= 0.3 is 0 Å². The summed E-state index contributed by atoms with van der Waals surface area (Å²) in [7, 11) is 0. The van der Waals surface area contributed by atoms with Crippen LogP contribution in [0.4, 0.5) is 0 Å². The molecule has 0 spiro atoms. The van der Waals surface area contributed by atoms with Crippen molar-refractivity contribution in [1.29, 1.82) is 0 Å². The summed E-state index contributed by atoms with van der Waals surface area (Å²) < 4.78 is 5.97. The molecule has 0 aliphatic carbocycles. The molecular weight excluding hydrogens is 280 g/mol. The van der Waals surface area contributed by atoms with Crippen molar-refractivity contribution in [2.75, 3.05) is 26.2 Å². The Morgan fingerprint density at radius 1 is 1.41 bits per heavy atom. The Hall–Kier alpha value is -1.92. The molecular formula is C16H20N4O2. The number of ether oxygens (including phenoxy) is 1. The minimum atomic E-state index is -0.126. The molecule has 1 fully saturated rings. The average molecular weight is 300 g/mol. The molecule has 2 aliphatic heterocycles. The summed E-state index contributed by atoms with van der Waals surface area (Å²) in [6.45, 7) is 6.38. The SMILES string of the molecule is Cc1nc2cc3c(cc2[nH]c1=O)CN1CCNC[C@@H]1CCO3. The Morgan fingerprint density at radius 3 is 3.23 bits per heavy atom. The monoisotopic (exact) mass is 300 g/mol. The first-order valence-corrected chi connectivity index (χ1v) is 7.82. The second-order valence-corrected chi connectivity index (χ2v) is 6.09. The zero-order valence-electron chi connectivity index (χ0n) is 12.7. The van der Waals surface area contributed by atoms with E-state index in [9.17, 15) is 4.79 Å². The van der Waals surface area contributed by atoms with Crippen molar-refractivity contribution >= 4 is 11.0 Å². The zero-order chi connectivity index (χ0) is 15.1. The Balaban J connectivity index is 1.79. The molecule has 2 aromatic rings. The van der Waals surface area contributed by atoms with Gasteiger partial charge in [0.2, 0.25) is 0 Å². The number of piperazine rings is 1. The van der Waals surface area contributed by atoms with Crippen molar-refractivity contribution in [1.82, 2.24) is 20.2 Å². The molecule has 116 valence electrons. The average Bonchev–Trinajstić information content (AvgIpc) is 2.49. The highest BCUT2D eigenvalue weighted by Gasteiger charge is 2.25. The molecule has 1 aromatic carbocycles. The maximum absolute atomic E-state index is 11.8. The van der Waals surface area contributed by atoms with E-state index in [0.717, 1.165) is 54.9 Å². The smallest absolute Gasteiger partial charge is 0.269 e. The van der Waals surface area contributed by atoms with Crippen molar-refractivity contribution in [3.05, 3.63) is 33.7 Å². The minimum Gasteiger partial charge on any atom is -0.493 e. The second kappa shape index (κ2) is 5.37. The summed E-state index contributed by atoms with van der Waals surface area (Å²) in [6.07, 6.45) is 1.03. The molecule has 22 heavy (non-hydrogen) atoms. The molecule has 1 atom stereocenters. The van der Waals surface area contributed by atoms with Gasteiger partial charge in [0, 0.05) is 43.9 Å². The van der Waals surface area contributed by atoms with E-state index in [-0.39, 0.29) is 5.56 Å². The minimum absolute atomic E-state index is 0.126. The third kappa shape index (κ3) is 2.38. The van der Waals surface area contributed by atoms with Gasteiger partial charge < -0.3 is 15.0 Å². The predicted molar refractivity (Wildman–Crippen MR) is 84.3 cm³/mol. The molecule has 1 aromatic heterocycles. The third-order valence-electron chi connectivity index (χ3n) is 4.60. The number of aryl methyl sites for hydroxylation is 1. The predicted octanol–water partition coefficient (Wildman–Crippen LogP) is 0.788. The van der Waals surface area contributed by atoms with Gasteiger partial charge in [-0.2, -0.15) is 0 Å². The van der Waals surface area contributed by atoms with Gasteiger partial charge in [0.25, 0.3) is 5.56 Å². The lowest BCUT2D eigenvalue weighted by Gasteiger charge is -2.38. The van der Waals surface area contributed by atoms with Crippen LogP contribution in [0.15, 0.2) is 16.9 Å². The van der Waals surface area contributed by atoms with Gasteiger partial charge in [0.1, 0.15) is 11.4 Å². The second-order valence-electron chi connectivity index (χ2n) is 6.09. The summed E-state index contributed by atoms with van der Waals surface area (Å²) in [4.78, 5) is 21.6. The highest BCUT2D eigenvalue weighted by Crippen LogP contribution is 2.28. The normalized spacial score (nSPS) is 22.3. The van der Waals surface area contributed by atoms with Crippen LogP contribution in [-0.2, 0) is 6.54 Å². The van der Waals surface area contributed by atoms with Crippen molar-refractivity contribution in [3.63, 3.8) is 0 Å². The number of benzene rings is 1. The number of aromatic nitrogens is 2. The highest BCUT2D eigenvalue weighted by atomic mass is 16.5. The lowest BCUT2D eigenvalue weighted by molar-refractivity contribution is 0.115. The molecule has 0 saturated carbocycles. The van der Waals surface area contributed by atoms with Crippen LogP contribution in [0.2, 0.25) is 0 Å². The van der Waals surface area contributed by atoms with Gasteiger partial charge in [-0.25, -0.2) is 4.98 Å². The Morgan fingerprint density at radius 2 is 2.32 bits per heavy atom. The summed E-state index contributed by atoms with van der Waals surface area (Å²) in [5.74, 6) is 0.892. The summed E-state index contributed by atoms with van der Waals surface area (Å²) in [5.41, 5.74) is 3.05. The molecule has 6 nitrogen and oxygen atoms in total. The van der Waals surface area contributed by atoms with Crippen LogP contribution < -0.4 is 15.6 Å². The summed E-state index contributed by atoms with van der Waals surface area (Å²) >= 11 is 0. The van der Waals surface area contributed by atoms with Crippen molar-refractivity contribution < 1.29 is 4.74 Å². The van der Waals surface area contributed by atoms with Crippen molar-refractivity contribution in [2.24, 2.45) is 0 Å². The van der Waals surface area contributed by atoms with Crippen LogP contribution in [0, 0.1) is 6.92 Å². The van der Waals surface area contributed by atoms with E-state index in [1.807, 2.05) is 12.1 Å². The Labute approximate surface area is 128 Å². The van der Waals surface area contributed by atoms with Crippen molar-refractivity contribution in [2.45, 2.75) is 25.9 Å². The summed E-state index contributed by atoms with van der Waals surface area (Å²) in [6, 6.07) is 4.49. The van der Waals surface area contributed by atoms with Gasteiger partial charge in [-0.1, -0.05) is 0 Å². The lowest BCUT2D eigenvalue weighted by Crippen LogP contribution is -2.51. The topological polar surface area (TPSA) is 70.2 Å². The fraction of sp³-hybridized carbons (Fsp3) is 0.500. The number of nitrogens with one attached hydrogen (secondary N) is 2. The van der Waals surface area contributed by atoms with E-state index >= 15 is 0 Å². The maximum atomic E-state index is 11.8. The van der Waals surface area contributed by atoms with Crippen LogP contribution in [0.25, 0.3) is 11.0 Å². The molecule has 0 bridgehead atoms. The molecule has 6 heteroatoms. The highest BCUT2D eigenvalue weighted by molar-refractivity contribution is 5.77. The third-order valence-corrected chi connectivity index (χ3v) is 4.60. The zero-order valence-corrected chi connectivity index (χ0v) is 12.7. The first-order valence-electron chi connectivity index (χ1n) is 7.82. The van der Waals surface area contributed by atoms with Crippen LogP contribution in [0.5, 0.6) is 5.75 Å². The molecule has 3 heterocycles. The van der Waals surface area contributed by atoms with E-state index < -0.39 is 0 Å². The molecule has 0 unspecified atom stereocenters. The number of hydrogen-bond acceptors (Lipinski definition) is 5. The lowest BCUT2D eigenvalue weighted by atomic mass is 10.1. The van der Waals surface area contributed by atoms with E-state index in [0.29, 0.717) is 18.3 Å². The molecule has 4 rings (SSSR count).